The van der Waals surface area contributed by atoms with Gasteiger partial charge in [-0.15, -0.1) is 0 Å². The molecule has 0 atom stereocenters. The summed E-state index contributed by atoms with van der Waals surface area (Å²) < 4.78 is 5.25. The zero-order valence-electron chi connectivity index (χ0n) is 16.1. The highest BCUT2D eigenvalue weighted by Gasteiger charge is 2.14. The highest BCUT2D eigenvalue weighted by Crippen LogP contribution is 2.16. The van der Waals surface area contributed by atoms with Gasteiger partial charge in [-0.1, -0.05) is 54.6 Å². The first-order chi connectivity index (χ1) is 13.5. The summed E-state index contributed by atoms with van der Waals surface area (Å²) in [7, 11) is 0. The van der Waals surface area contributed by atoms with Gasteiger partial charge in [0.1, 0.15) is 0 Å². The maximum Gasteiger partial charge on any atom is 0.338 e. The summed E-state index contributed by atoms with van der Waals surface area (Å²) >= 11 is 0. The van der Waals surface area contributed by atoms with Crippen LogP contribution in [0.2, 0.25) is 0 Å². The number of carbonyl (C=O) groups is 2. The van der Waals surface area contributed by atoms with E-state index in [1.54, 1.807) is 12.1 Å². The summed E-state index contributed by atoms with van der Waals surface area (Å²) in [6, 6.07) is 23.0. The molecule has 4 heteroatoms. The summed E-state index contributed by atoms with van der Waals surface area (Å²) in [6.45, 7) is 3.60. The maximum absolute atomic E-state index is 12.5. The lowest BCUT2D eigenvalue weighted by atomic mass is 10.00. The number of nitrogens with one attached hydrogen (secondary N) is 1. The third-order valence-corrected chi connectivity index (χ3v) is 4.31. The topological polar surface area (TPSA) is 55.4 Å². The molecule has 1 N–H and O–H groups in total. The van der Waals surface area contributed by atoms with Crippen molar-refractivity contribution in [3.8, 4) is 0 Å². The Kier molecular flexibility index (Phi) is 6.22. The SMILES string of the molecule is Cc1cc(C)cc(NC(=O)COC(=O)c2ccccc2Cc2ccccc2)c1. The molecular formula is C24H23NO3. The van der Waals surface area contributed by atoms with Gasteiger partial charge in [0.15, 0.2) is 6.61 Å². The van der Waals surface area contributed by atoms with E-state index in [1.165, 1.54) is 0 Å². The van der Waals surface area contributed by atoms with Crippen LogP contribution in [0.15, 0.2) is 72.8 Å². The number of anilines is 1. The zero-order chi connectivity index (χ0) is 19.9. The molecule has 0 aliphatic carbocycles. The van der Waals surface area contributed by atoms with Gasteiger partial charge in [0, 0.05) is 5.69 Å². The number of aryl methyl sites for hydroxylation is 2. The van der Waals surface area contributed by atoms with Crippen molar-refractivity contribution in [1.82, 2.24) is 0 Å². The summed E-state index contributed by atoms with van der Waals surface area (Å²) in [4.78, 5) is 24.7. The Hall–Kier alpha value is -3.40. The molecule has 0 bridgehead atoms. The van der Waals surface area contributed by atoms with E-state index in [-0.39, 0.29) is 12.5 Å². The van der Waals surface area contributed by atoms with Crippen LogP contribution >= 0.6 is 0 Å². The lowest BCUT2D eigenvalue weighted by Gasteiger charge is -2.11. The molecule has 0 saturated heterocycles. The van der Waals surface area contributed by atoms with Crippen molar-refractivity contribution in [2.75, 3.05) is 11.9 Å². The molecule has 0 unspecified atom stereocenters. The second-order valence-electron chi connectivity index (χ2n) is 6.82. The minimum absolute atomic E-state index is 0.328. The molecule has 3 aromatic rings. The number of benzene rings is 3. The second-order valence-corrected chi connectivity index (χ2v) is 6.82. The molecule has 0 fully saturated rings. The van der Waals surface area contributed by atoms with Gasteiger partial charge in [-0.25, -0.2) is 4.79 Å². The van der Waals surface area contributed by atoms with Crippen molar-refractivity contribution in [2.24, 2.45) is 0 Å². The minimum Gasteiger partial charge on any atom is -0.452 e. The van der Waals surface area contributed by atoms with Crippen molar-refractivity contribution < 1.29 is 14.3 Å². The minimum atomic E-state index is -0.498. The first-order valence-corrected chi connectivity index (χ1v) is 9.18. The third-order valence-electron chi connectivity index (χ3n) is 4.31. The quantitative estimate of drug-likeness (QED) is 0.638. The van der Waals surface area contributed by atoms with Gasteiger partial charge < -0.3 is 10.1 Å². The molecule has 0 aromatic heterocycles. The number of rotatable bonds is 6. The van der Waals surface area contributed by atoms with Gasteiger partial charge in [-0.2, -0.15) is 0 Å². The number of esters is 1. The van der Waals surface area contributed by atoms with Crippen molar-refractivity contribution in [3.05, 3.63) is 101 Å². The Morgan fingerprint density at radius 3 is 2.21 bits per heavy atom. The Morgan fingerprint density at radius 1 is 0.857 bits per heavy atom. The van der Waals surface area contributed by atoms with Crippen LogP contribution in [-0.2, 0) is 16.0 Å². The molecule has 0 radical (unpaired) electrons. The van der Waals surface area contributed by atoms with Gasteiger partial charge in [0.25, 0.3) is 5.91 Å². The van der Waals surface area contributed by atoms with Gasteiger partial charge in [0.2, 0.25) is 0 Å². The van der Waals surface area contributed by atoms with Crippen molar-refractivity contribution in [2.45, 2.75) is 20.3 Å². The fourth-order valence-corrected chi connectivity index (χ4v) is 3.14. The van der Waals surface area contributed by atoms with Crippen molar-refractivity contribution in [3.63, 3.8) is 0 Å². The highest BCUT2D eigenvalue weighted by atomic mass is 16.5. The van der Waals surface area contributed by atoms with Crippen molar-refractivity contribution in [1.29, 1.82) is 0 Å². The van der Waals surface area contributed by atoms with E-state index in [2.05, 4.69) is 5.32 Å². The molecule has 0 saturated carbocycles. The number of amides is 1. The second kappa shape index (κ2) is 9.00. The van der Waals surface area contributed by atoms with Gasteiger partial charge in [-0.05, 0) is 60.7 Å². The molecule has 4 nitrogen and oxygen atoms in total. The van der Waals surface area contributed by atoms with Crippen LogP contribution in [0.25, 0.3) is 0 Å². The van der Waals surface area contributed by atoms with E-state index in [0.29, 0.717) is 17.7 Å². The lowest BCUT2D eigenvalue weighted by Crippen LogP contribution is -2.21. The number of hydrogen-bond acceptors (Lipinski definition) is 3. The molecule has 3 aromatic carbocycles. The Balaban J connectivity index is 1.62. The van der Waals surface area contributed by atoms with E-state index < -0.39 is 5.97 Å². The fraction of sp³-hybridized carbons (Fsp3) is 0.167. The van der Waals surface area contributed by atoms with Crippen molar-refractivity contribution >= 4 is 17.6 Å². The standard InChI is InChI=1S/C24H23NO3/c1-17-12-18(2)14-21(13-17)25-23(26)16-28-24(27)22-11-7-6-10-20(22)15-19-8-4-3-5-9-19/h3-14H,15-16H2,1-2H3,(H,25,26). The highest BCUT2D eigenvalue weighted by molar-refractivity contribution is 5.96. The molecule has 3 rings (SSSR count). The zero-order valence-corrected chi connectivity index (χ0v) is 16.1. The smallest absolute Gasteiger partial charge is 0.338 e. The number of carbonyl (C=O) groups excluding carboxylic acids is 2. The Morgan fingerprint density at radius 2 is 1.50 bits per heavy atom. The van der Waals surface area contributed by atoms with Crippen LogP contribution in [0.3, 0.4) is 0 Å². The molecule has 28 heavy (non-hydrogen) atoms. The number of ether oxygens (including phenoxy) is 1. The third kappa shape index (κ3) is 5.30. The predicted octanol–water partition coefficient (Wildman–Crippen LogP) is 4.69. The Bertz CT molecular complexity index is 960. The monoisotopic (exact) mass is 373 g/mol. The van der Waals surface area contributed by atoms with Gasteiger partial charge in [-0.3, -0.25) is 4.79 Å². The van der Waals surface area contributed by atoms with Gasteiger partial charge in [0.05, 0.1) is 5.56 Å². The molecule has 0 aliphatic heterocycles. The molecule has 0 aliphatic rings. The molecule has 142 valence electrons. The largest absolute Gasteiger partial charge is 0.452 e. The van der Waals surface area contributed by atoms with Crippen LogP contribution < -0.4 is 5.32 Å². The molecule has 0 spiro atoms. The first kappa shape index (κ1) is 19.4. The maximum atomic E-state index is 12.5. The van der Waals surface area contributed by atoms with Gasteiger partial charge >= 0.3 is 5.97 Å². The summed E-state index contributed by atoms with van der Waals surface area (Å²) in [5, 5.41) is 2.77. The molecule has 1 amide bonds. The van der Waals surface area contributed by atoms with Crippen LogP contribution in [-0.4, -0.2) is 18.5 Å². The van der Waals surface area contributed by atoms with E-state index in [0.717, 1.165) is 22.3 Å². The number of hydrogen-bond donors (Lipinski definition) is 1. The van der Waals surface area contributed by atoms with Crippen LogP contribution in [0, 0.1) is 13.8 Å². The predicted molar refractivity (Wildman–Crippen MR) is 111 cm³/mol. The van der Waals surface area contributed by atoms with E-state index >= 15 is 0 Å². The van der Waals surface area contributed by atoms with Crippen LogP contribution in [0.4, 0.5) is 5.69 Å². The average Bonchev–Trinajstić information content (AvgIpc) is 2.66. The summed E-state index contributed by atoms with van der Waals surface area (Å²) in [5.74, 6) is -0.860. The lowest BCUT2D eigenvalue weighted by molar-refractivity contribution is -0.119. The normalized spacial score (nSPS) is 10.4. The average molecular weight is 373 g/mol. The van der Waals surface area contributed by atoms with E-state index in [4.69, 9.17) is 4.74 Å². The molecular weight excluding hydrogens is 350 g/mol. The van der Waals surface area contributed by atoms with Crippen LogP contribution in [0.5, 0.6) is 0 Å². The first-order valence-electron chi connectivity index (χ1n) is 9.18. The van der Waals surface area contributed by atoms with E-state index in [1.807, 2.05) is 74.5 Å². The fourth-order valence-electron chi connectivity index (χ4n) is 3.14. The molecule has 0 heterocycles. The van der Waals surface area contributed by atoms with Crippen LogP contribution in [0.1, 0.15) is 32.6 Å². The Labute approximate surface area is 165 Å². The summed E-state index contributed by atoms with van der Waals surface area (Å²) in [6.07, 6.45) is 0.626. The summed E-state index contributed by atoms with van der Waals surface area (Å²) in [5.41, 5.74) is 5.27. The van der Waals surface area contributed by atoms with E-state index in [9.17, 15) is 9.59 Å².